The molecule has 0 atom stereocenters. The van der Waals surface area contributed by atoms with Crippen LogP contribution >= 0.6 is 0 Å². The summed E-state index contributed by atoms with van der Waals surface area (Å²) < 4.78 is 0. The van der Waals surface area contributed by atoms with Crippen LogP contribution in [-0.2, 0) is 0 Å². The van der Waals surface area contributed by atoms with Crippen molar-refractivity contribution in [3.8, 4) is 17.2 Å². The summed E-state index contributed by atoms with van der Waals surface area (Å²) in [4.78, 5) is 4.33. The van der Waals surface area contributed by atoms with E-state index in [1.165, 1.54) is 108 Å². The zero-order valence-corrected chi connectivity index (χ0v) is 18.5. The Bertz CT molecular complexity index is 534. The Labute approximate surface area is 178 Å². The van der Waals surface area contributed by atoms with Crippen molar-refractivity contribution in [2.24, 2.45) is 4.99 Å². The quantitative estimate of drug-likeness (QED) is 0.135. The van der Waals surface area contributed by atoms with E-state index in [0.29, 0.717) is 5.56 Å². The lowest BCUT2D eigenvalue weighted by Gasteiger charge is -2.03. The highest BCUT2D eigenvalue weighted by molar-refractivity contribution is 5.82. The van der Waals surface area contributed by atoms with Crippen LogP contribution in [0, 0.1) is 0 Å². The Hall–Kier alpha value is -1.71. The molecule has 0 aliphatic heterocycles. The fraction of sp³-hybridized carbons (Fsp3) is 0.720. The van der Waals surface area contributed by atoms with Crippen LogP contribution in [-0.4, -0.2) is 28.1 Å². The van der Waals surface area contributed by atoms with Crippen molar-refractivity contribution in [1.29, 1.82) is 0 Å². The molecule has 0 radical (unpaired) electrons. The molecule has 0 heterocycles. The lowest BCUT2D eigenvalue weighted by Crippen LogP contribution is -1.87. The summed E-state index contributed by atoms with van der Waals surface area (Å²) in [7, 11) is 0. The molecular weight excluding hydrogens is 362 g/mol. The van der Waals surface area contributed by atoms with Crippen molar-refractivity contribution in [2.45, 2.75) is 110 Å². The van der Waals surface area contributed by atoms with Crippen LogP contribution in [0.2, 0.25) is 0 Å². The first-order valence-corrected chi connectivity index (χ1v) is 11.9. The number of benzene rings is 1. The predicted molar refractivity (Wildman–Crippen MR) is 123 cm³/mol. The van der Waals surface area contributed by atoms with Crippen LogP contribution in [0.4, 0.5) is 0 Å². The van der Waals surface area contributed by atoms with Gasteiger partial charge in [0.2, 0.25) is 0 Å². The van der Waals surface area contributed by atoms with Gasteiger partial charge in [0.1, 0.15) is 0 Å². The molecule has 0 saturated carbocycles. The minimum absolute atomic E-state index is 0.325. The van der Waals surface area contributed by atoms with Crippen molar-refractivity contribution in [2.75, 3.05) is 6.54 Å². The smallest absolute Gasteiger partial charge is 0.200 e. The van der Waals surface area contributed by atoms with Crippen molar-refractivity contribution < 1.29 is 15.3 Å². The third-order valence-corrected chi connectivity index (χ3v) is 5.47. The molecule has 0 aromatic heterocycles. The first kappa shape index (κ1) is 25.3. The van der Waals surface area contributed by atoms with Gasteiger partial charge in [0.05, 0.1) is 0 Å². The van der Waals surface area contributed by atoms with E-state index in [0.717, 1.165) is 13.0 Å². The zero-order chi connectivity index (χ0) is 21.2. The van der Waals surface area contributed by atoms with Crippen LogP contribution in [0.25, 0.3) is 0 Å². The average Bonchev–Trinajstić information content (AvgIpc) is 2.71. The third-order valence-electron chi connectivity index (χ3n) is 5.47. The first-order valence-electron chi connectivity index (χ1n) is 11.9. The third kappa shape index (κ3) is 13.2. The van der Waals surface area contributed by atoms with Crippen molar-refractivity contribution in [1.82, 2.24) is 0 Å². The maximum absolute atomic E-state index is 9.46. The second-order valence-electron chi connectivity index (χ2n) is 8.25. The Morgan fingerprint density at radius 3 is 1.41 bits per heavy atom. The molecule has 1 aromatic rings. The molecule has 0 aliphatic carbocycles. The fourth-order valence-electron chi connectivity index (χ4n) is 3.62. The van der Waals surface area contributed by atoms with Crippen molar-refractivity contribution >= 4 is 6.21 Å². The van der Waals surface area contributed by atoms with Crippen molar-refractivity contribution in [3.05, 3.63) is 17.7 Å². The van der Waals surface area contributed by atoms with Gasteiger partial charge >= 0.3 is 0 Å². The standard InChI is InChI=1S/C25H43NO3/c1-2-3-4-5-6-7-8-9-10-11-12-13-14-15-16-17-18-26-21-22-19-23(27)25(29)24(28)20-22/h19-21,27-29H,2-18H2,1H3. The normalized spacial score (nSPS) is 11.5. The van der Waals surface area contributed by atoms with Gasteiger partial charge < -0.3 is 15.3 Å². The summed E-state index contributed by atoms with van der Waals surface area (Å²) in [5.74, 6) is -1.14. The Kier molecular flexibility index (Phi) is 15.0. The number of phenolic OH excluding ortho intramolecular Hbond substituents is 3. The molecule has 0 bridgehead atoms. The lowest BCUT2D eigenvalue weighted by atomic mass is 10.0. The van der Waals surface area contributed by atoms with Crippen molar-refractivity contribution in [3.63, 3.8) is 0 Å². The molecule has 0 spiro atoms. The summed E-state index contributed by atoms with van der Waals surface area (Å²) in [6.45, 7) is 3.03. The van der Waals surface area contributed by atoms with E-state index in [4.69, 9.17) is 0 Å². The highest BCUT2D eigenvalue weighted by atomic mass is 16.3. The first-order chi connectivity index (χ1) is 14.1. The molecule has 0 amide bonds. The predicted octanol–water partition coefficient (Wildman–Crippen LogP) is 7.48. The van der Waals surface area contributed by atoms with Gasteiger partial charge in [0.25, 0.3) is 0 Å². The maximum Gasteiger partial charge on any atom is 0.200 e. The van der Waals surface area contributed by atoms with Gasteiger partial charge in [-0.05, 0) is 24.1 Å². The van der Waals surface area contributed by atoms with Gasteiger partial charge in [0.15, 0.2) is 17.2 Å². The number of hydrogen-bond acceptors (Lipinski definition) is 4. The number of phenols is 3. The lowest BCUT2D eigenvalue weighted by molar-refractivity contribution is 0.368. The SMILES string of the molecule is CCCCCCCCCCCCCCCCCCN=Cc1cc(O)c(O)c(O)c1. The summed E-state index contributed by atoms with van der Waals surface area (Å²) in [6, 6.07) is 2.79. The molecule has 1 rings (SSSR count). The van der Waals surface area contributed by atoms with Gasteiger partial charge in [-0.25, -0.2) is 0 Å². The van der Waals surface area contributed by atoms with E-state index in [-0.39, 0.29) is 11.5 Å². The summed E-state index contributed by atoms with van der Waals surface area (Å²) in [5.41, 5.74) is 0.592. The molecule has 29 heavy (non-hydrogen) atoms. The Balaban J connectivity index is 1.86. The summed E-state index contributed by atoms with van der Waals surface area (Å²) in [5, 5.41) is 28.2. The van der Waals surface area contributed by atoms with E-state index in [9.17, 15) is 15.3 Å². The molecule has 4 nitrogen and oxygen atoms in total. The van der Waals surface area contributed by atoms with E-state index in [1.807, 2.05) is 0 Å². The molecule has 1 aromatic carbocycles. The summed E-state index contributed by atoms with van der Waals surface area (Å²) in [6.07, 6.45) is 23.3. The molecule has 0 unspecified atom stereocenters. The number of unbranched alkanes of at least 4 members (excludes halogenated alkanes) is 15. The second-order valence-corrected chi connectivity index (χ2v) is 8.25. The number of hydrogen-bond donors (Lipinski definition) is 3. The van der Waals surface area contributed by atoms with E-state index >= 15 is 0 Å². The van der Waals surface area contributed by atoms with Crippen LogP contribution < -0.4 is 0 Å². The number of nitrogens with zero attached hydrogens (tertiary/aromatic N) is 1. The minimum Gasteiger partial charge on any atom is -0.504 e. The summed E-state index contributed by atoms with van der Waals surface area (Å²) >= 11 is 0. The van der Waals surface area contributed by atoms with Crippen LogP contribution in [0.3, 0.4) is 0 Å². The number of aliphatic imine (C=N–C) groups is 1. The van der Waals surface area contributed by atoms with Gasteiger partial charge in [-0.15, -0.1) is 0 Å². The van der Waals surface area contributed by atoms with E-state index in [1.54, 1.807) is 6.21 Å². The molecule has 0 fully saturated rings. The average molecular weight is 406 g/mol. The largest absolute Gasteiger partial charge is 0.504 e. The van der Waals surface area contributed by atoms with Gasteiger partial charge in [-0.3, -0.25) is 4.99 Å². The van der Waals surface area contributed by atoms with E-state index < -0.39 is 5.75 Å². The maximum atomic E-state index is 9.46. The highest BCUT2D eigenvalue weighted by Crippen LogP contribution is 2.34. The Morgan fingerprint density at radius 1 is 0.621 bits per heavy atom. The topological polar surface area (TPSA) is 73.1 Å². The highest BCUT2D eigenvalue weighted by Gasteiger charge is 2.06. The molecule has 0 aliphatic rings. The fourth-order valence-corrected chi connectivity index (χ4v) is 3.62. The van der Waals surface area contributed by atoms with Crippen LogP contribution in [0.1, 0.15) is 115 Å². The van der Waals surface area contributed by atoms with E-state index in [2.05, 4.69) is 11.9 Å². The van der Waals surface area contributed by atoms with Crippen LogP contribution in [0.5, 0.6) is 17.2 Å². The monoisotopic (exact) mass is 405 g/mol. The molecule has 166 valence electrons. The van der Waals surface area contributed by atoms with Gasteiger partial charge in [-0.2, -0.15) is 0 Å². The molecule has 3 N–H and O–H groups in total. The molecular formula is C25H43NO3. The van der Waals surface area contributed by atoms with Gasteiger partial charge in [-0.1, -0.05) is 103 Å². The van der Waals surface area contributed by atoms with Crippen LogP contribution in [0.15, 0.2) is 17.1 Å². The zero-order valence-electron chi connectivity index (χ0n) is 18.5. The number of aromatic hydroxyl groups is 3. The molecule has 0 saturated heterocycles. The molecule has 4 heteroatoms. The van der Waals surface area contributed by atoms with Gasteiger partial charge in [0, 0.05) is 12.8 Å². The second kappa shape index (κ2) is 17.2. The number of rotatable bonds is 18. The Morgan fingerprint density at radius 2 is 1.00 bits per heavy atom. The minimum atomic E-state index is -0.486.